The number of esters is 1. The highest BCUT2D eigenvalue weighted by Crippen LogP contribution is 2.49. The summed E-state index contributed by atoms with van der Waals surface area (Å²) in [4.78, 5) is 57.6. The third-order valence-electron chi connectivity index (χ3n) is 9.65. The van der Waals surface area contributed by atoms with Crippen molar-refractivity contribution in [2.45, 2.75) is 31.4 Å². The van der Waals surface area contributed by atoms with Crippen LogP contribution < -0.4 is 21.2 Å². The SMILES string of the molecule is C[C@@H](O[C@@H]1[C@@H](NC(=O)c2ccccc2)C(=O)N1C(C(=O)OC(c1ccccc1)c1ccccc1)=P(c1ccccc1)(c1ccccc1)c1ccccc1)C(=O)O. The molecular formula is C46H39N2O7P. The summed E-state index contributed by atoms with van der Waals surface area (Å²) in [6, 6.07) is 54.0. The number of β-lactam (4-membered cyclic amide) rings is 1. The fourth-order valence-electron chi connectivity index (χ4n) is 6.95. The Bertz CT molecular complexity index is 2220. The van der Waals surface area contributed by atoms with Gasteiger partial charge in [-0.1, -0.05) is 170 Å². The van der Waals surface area contributed by atoms with E-state index in [0.29, 0.717) is 16.7 Å². The molecule has 56 heavy (non-hydrogen) atoms. The molecule has 9 nitrogen and oxygen atoms in total. The van der Waals surface area contributed by atoms with Crippen molar-refractivity contribution in [2.75, 3.05) is 0 Å². The van der Waals surface area contributed by atoms with Crippen LogP contribution in [0, 0.1) is 0 Å². The maximum absolute atomic E-state index is 15.7. The number of hydrogen-bond acceptors (Lipinski definition) is 6. The molecular weight excluding hydrogens is 723 g/mol. The number of carboxylic acids is 1. The van der Waals surface area contributed by atoms with Crippen molar-refractivity contribution in [2.24, 2.45) is 0 Å². The lowest BCUT2D eigenvalue weighted by atomic mass is 10.0. The average Bonchev–Trinajstić information content (AvgIpc) is 3.26. The van der Waals surface area contributed by atoms with Gasteiger partial charge in [0, 0.05) is 12.4 Å². The lowest BCUT2D eigenvalue weighted by Gasteiger charge is -2.49. The number of nitrogens with one attached hydrogen (secondary N) is 1. The number of carbonyl (C=O) groups excluding carboxylic acids is 3. The first-order chi connectivity index (χ1) is 27.3. The van der Waals surface area contributed by atoms with E-state index in [1.54, 1.807) is 30.3 Å². The number of aliphatic carboxylic acids is 1. The maximum atomic E-state index is 15.7. The van der Waals surface area contributed by atoms with Crippen molar-refractivity contribution < 1.29 is 33.8 Å². The lowest BCUT2D eigenvalue weighted by molar-refractivity contribution is -0.187. The van der Waals surface area contributed by atoms with Crippen molar-refractivity contribution in [3.05, 3.63) is 199 Å². The number of nitrogens with zero attached hydrogens (tertiary/aromatic N) is 1. The maximum Gasteiger partial charge on any atom is 0.357 e. The fraction of sp³-hybridized carbons (Fsp3) is 0.109. The molecule has 1 saturated heterocycles. The van der Waals surface area contributed by atoms with E-state index in [0.717, 1.165) is 15.9 Å². The van der Waals surface area contributed by atoms with Gasteiger partial charge in [0.2, 0.25) is 0 Å². The van der Waals surface area contributed by atoms with Gasteiger partial charge >= 0.3 is 11.9 Å². The minimum atomic E-state index is -3.43. The van der Waals surface area contributed by atoms with E-state index in [1.807, 2.05) is 152 Å². The fourth-order valence-corrected chi connectivity index (χ4v) is 11.3. The second-order valence-corrected chi connectivity index (χ2v) is 16.5. The molecule has 1 aliphatic heterocycles. The van der Waals surface area contributed by atoms with Crippen molar-refractivity contribution in [3.63, 3.8) is 0 Å². The van der Waals surface area contributed by atoms with E-state index in [-0.39, 0.29) is 5.42 Å². The number of carbonyl (C=O) groups is 4. The summed E-state index contributed by atoms with van der Waals surface area (Å²) in [5.41, 5.74) is 1.66. The molecule has 2 N–H and O–H groups in total. The predicted molar refractivity (Wildman–Crippen MR) is 217 cm³/mol. The molecule has 0 unspecified atom stereocenters. The molecule has 0 aliphatic carbocycles. The molecule has 0 aromatic heterocycles. The van der Waals surface area contributed by atoms with Gasteiger partial charge in [-0.05, 0) is 46.1 Å². The number of ether oxygens (including phenoxy) is 2. The van der Waals surface area contributed by atoms with E-state index in [2.05, 4.69) is 5.32 Å². The molecule has 1 aliphatic rings. The molecule has 0 bridgehead atoms. The molecule has 6 aromatic rings. The standard InChI is InChI=1S/C46H39N2O7P/c1-32(45(51)52)54-43-39(47-41(49)35-24-12-4-13-25-35)42(50)48(43)44(46(53)55-40(33-20-8-2-9-21-33)34-22-10-3-11-23-34)56(36-26-14-5-15-27-36,37-28-16-6-17-29-37)38-30-18-7-19-31-38/h2-32,39-40,43H,1H3,(H,47,49)(H,51,52)/t32-,39+,43-/m1/s1. The Hall–Kier alpha value is -6.54. The summed E-state index contributed by atoms with van der Waals surface area (Å²) in [6.45, 7) is -2.09. The minimum absolute atomic E-state index is 0.0317. The molecule has 1 fully saturated rings. The van der Waals surface area contributed by atoms with Gasteiger partial charge in [-0.3, -0.25) is 14.5 Å². The van der Waals surface area contributed by atoms with E-state index in [9.17, 15) is 19.5 Å². The first kappa shape index (κ1) is 37.8. The van der Waals surface area contributed by atoms with Crippen LogP contribution in [-0.2, 0) is 23.9 Å². The highest BCUT2D eigenvalue weighted by Gasteiger charge is 2.56. The zero-order valence-electron chi connectivity index (χ0n) is 30.4. The van der Waals surface area contributed by atoms with Gasteiger partial charge in [-0.25, -0.2) is 9.59 Å². The summed E-state index contributed by atoms with van der Waals surface area (Å²) in [6.07, 6.45) is -3.74. The quantitative estimate of drug-likeness (QED) is 0.0854. The van der Waals surface area contributed by atoms with Gasteiger partial charge < -0.3 is 19.9 Å². The number of hydrogen-bond donors (Lipinski definition) is 2. The van der Waals surface area contributed by atoms with Crippen LogP contribution in [0.4, 0.5) is 0 Å². The van der Waals surface area contributed by atoms with Crippen molar-refractivity contribution in [1.82, 2.24) is 10.2 Å². The van der Waals surface area contributed by atoms with Crippen LogP contribution in [0.2, 0.25) is 0 Å². The Morgan fingerprint density at radius 2 is 1.02 bits per heavy atom. The summed E-state index contributed by atoms with van der Waals surface area (Å²) >= 11 is 0. The van der Waals surface area contributed by atoms with Crippen LogP contribution in [-0.4, -0.2) is 57.6 Å². The van der Waals surface area contributed by atoms with Gasteiger partial charge in [0.1, 0.15) is 5.42 Å². The Balaban J connectivity index is 1.52. The number of benzene rings is 6. The first-order valence-electron chi connectivity index (χ1n) is 18.1. The summed E-state index contributed by atoms with van der Waals surface area (Å²) in [7, 11) is 0. The molecule has 3 atom stereocenters. The van der Waals surface area contributed by atoms with Gasteiger partial charge in [-0.2, -0.15) is 0 Å². The van der Waals surface area contributed by atoms with Crippen molar-refractivity contribution in [3.8, 4) is 0 Å². The van der Waals surface area contributed by atoms with Crippen LogP contribution in [0.15, 0.2) is 182 Å². The van der Waals surface area contributed by atoms with Gasteiger partial charge in [0.15, 0.2) is 24.5 Å². The second-order valence-electron chi connectivity index (χ2n) is 13.1. The molecule has 0 radical (unpaired) electrons. The van der Waals surface area contributed by atoms with Crippen molar-refractivity contribution >= 4 is 52.0 Å². The molecule has 1 heterocycles. The van der Waals surface area contributed by atoms with Crippen LogP contribution >= 0.6 is 6.89 Å². The highest BCUT2D eigenvalue weighted by atomic mass is 31.2. The van der Waals surface area contributed by atoms with E-state index >= 15 is 4.79 Å². The second kappa shape index (κ2) is 16.9. The number of amides is 2. The number of likely N-dealkylation sites (tertiary alicyclic amines) is 1. The Morgan fingerprint density at radius 3 is 1.43 bits per heavy atom. The van der Waals surface area contributed by atoms with Crippen molar-refractivity contribution in [1.29, 1.82) is 0 Å². The third kappa shape index (κ3) is 7.43. The highest BCUT2D eigenvalue weighted by molar-refractivity contribution is 7.96. The van der Waals surface area contributed by atoms with E-state index in [4.69, 9.17) is 9.47 Å². The summed E-state index contributed by atoms with van der Waals surface area (Å²) < 4.78 is 12.8. The Kier molecular flexibility index (Phi) is 11.4. The third-order valence-corrected chi connectivity index (χ3v) is 13.9. The minimum Gasteiger partial charge on any atom is -0.479 e. The largest absolute Gasteiger partial charge is 0.479 e. The van der Waals surface area contributed by atoms with Crippen LogP contribution in [0.25, 0.3) is 0 Å². The zero-order valence-corrected chi connectivity index (χ0v) is 31.3. The van der Waals surface area contributed by atoms with Gasteiger partial charge in [0.05, 0.1) is 0 Å². The molecule has 0 spiro atoms. The topological polar surface area (TPSA) is 122 Å². The molecule has 0 saturated carbocycles. The first-order valence-corrected chi connectivity index (χ1v) is 19.9. The van der Waals surface area contributed by atoms with Crippen LogP contribution in [0.5, 0.6) is 0 Å². The molecule has 6 aromatic carbocycles. The zero-order chi connectivity index (χ0) is 39.1. The Labute approximate surface area is 325 Å². The molecule has 2 amide bonds. The lowest BCUT2D eigenvalue weighted by Crippen LogP contribution is -2.75. The summed E-state index contributed by atoms with van der Waals surface area (Å²) in [5.74, 6) is -3.32. The van der Waals surface area contributed by atoms with E-state index < -0.39 is 55.1 Å². The van der Waals surface area contributed by atoms with Gasteiger partial charge in [-0.15, -0.1) is 0 Å². The van der Waals surface area contributed by atoms with Gasteiger partial charge in [0.25, 0.3) is 11.8 Å². The van der Waals surface area contributed by atoms with Crippen LogP contribution in [0.3, 0.4) is 0 Å². The predicted octanol–water partition coefficient (Wildman–Crippen LogP) is 5.90. The number of rotatable bonds is 13. The number of carboxylic acid groups (broad SMARTS) is 1. The summed E-state index contributed by atoms with van der Waals surface area (Å²) in [5, 5.41) is 15.0. The average molecular weight is 763 g/mol. The molecule has 280 valence electrons. The smallest absolute Gasteiger partial charge is 0.357 e. The molecule has 7 rings (SSSR count). The normalized spacial score (nSPS) is 15.7. The monoisotopic (exact) mass is 762 g/mol. The molecule has 10 heteroatoms. The van der Waals surface area contributed by atoms with Crippen LogP contribution in [0.1, 0.15) is 34.5 Å². The van der Waals surface area contributed by atoms with E-state index in [1.165, 1.54) is 11.8 Å². The Morgan fingerprint density at radius 1 is 0.625 bits per heavy atom.